The molecule has 1 N–H and O–H groups in total. The highest BCUT2D eigenvalue weighted by atomic mass is 79.9. The van der Waals surface area contributed by atoms with E-state index in [9.17, 15) is 0 Å². The summed E-state index contributed by atoms with van der Waals surface area (Å²) in [6.45, 7) is 0. The largest absolute Gasteiger partial charge is 0.308 e. The molecule has 0 fully saturated rings. The van der Waals surface area contributed by atoms with Gasteiger partial charge in [-0.05, 0) is 45.0 Å². The fourth-order valence-electron chi connectivity index (χ4n) is 1.69. The Hall–Kier alpha value is -0.720. The first-order valence-corrected chi connectivity index (χ1v) is 6.67. The molecule has 1 unspecified atom stereocenters. The third-order valence-electron chi connectivity index (χ3n) is 2.46. The highest BCUT2D eigenvalue weighted by Crippen LogP contribution is 2.28. The SMILES string of the molecule is CNC(c1cnn(C)c1)c1ncc(Br)cc1Br. The summed E-state index contributed by atoms with van der Waals surface area (Å²) < 4.78 is 3.70. The molecule has 90 valence electrons. The lowest BCUT2D eigenvalue weighted by Crippen LogP contribution is -2.19. The normalized spacial score (nSPS) is 12.7. The Balaban J connectivity index is 2.42. The van der Waals surface area contributed by atoms with Crippen molar-refractivity contribution in [3.05, 3.63) is 44.9 Å². The topological polar surface area (TPSA) is 42.7 Å². The standard InChI is InChI=1S/C11H12Br2N4/c1-14-10(7-4-16-17(2)6-7)11-9(13)3-8(12)5-15-11/h3-6,10,14H,1-2H3. The van der Waals surface area contributed by atoms with Gasteiger partial charge in [0.1, 0.15) is 0 Å². The average Bonchev–Trinajstić information content (AvgIpc) is 2.69. The Bertz CT molecular complexity index is 524. The minimum atomic E-state index is 0.0335. The van der Waals surface area contributed by atoms with Gasteiger partial charge in [0, 0.05) is 34.0 Å². The number of halogens is 2. The molecule has 0 aliphatic heterocycles. The Morgan fingerprint density at radius 3 is 2.65 bits per heavy atom. The zero-order valence-electron chi connectivity index (χ0n) is 9.48. The van der Waals surface area contributed by atoms with E-state index in [-0.39, 0.29) is 6.04 Å². The molecule has 2 rings (SSSR count). The monoisotopic (exact) mass is 358 g/mol. The quantitative estimate of drug-likeness (QED) is 0.916. The van der Waals surface area contributed by atoms with E-state index in [1.807, 2.05) is 32.6 Å². The molecule has 0 amide bonds. The van der Waals surface area contributed by atoms with Crippen molar-refractivity contribution in [1.29, 1.82) is 0 Å². The van der Waals surface area contributed by atoms with Gasteiger partial charge in [0.2, 0.25) is 0 Å². The van der Waals surface area contributed by atoms with E-state index in [2.05, 4.69) is 47.3 Å². The van der Waals surface area contributed by atoms with Crippen molar-refractivity contribution in [2.75, 3.05) is 7.05 Å². The van der Waals surface area contributed by atoms with Crippen LogP contribution in [0.4, 0.5) is 0 Å². The first kappa shape index (κ1) is 12.7. The fourth-order valence-corrected chi connectivity index (χ4v) is 2.90. The zero-order chi connectivity index (χ0) is 12.4. The molecular weight excluding hydrogens is 348 g/mol. The van der Waals surface area contributed by atoms with Gasteiger partial charge in [-0.15, -0.1) is 0 Å². The molecular formula is C11H12Br2N4. The van der Waals surface area contributed by atoms with Crippen LogP contribution in [0.15, 0.2) is 33.6 Å². The van der Waals surface area contributed by atoms with Crippen molar-refractivity contribution < 1.29 is 0 Å². The number of hydrogen-bond acceptors (Lipinski definition) is 3. The van der Waals surface area contributed by atoms with E-state index in [1.165, 1.54) is 0 Å². The maximum Gasteiger partial charge on any atom is 0.0791 e. The van der Waals surface area contributed by atoms with Crippen molar-refractivity contribution in [3.8, 4) is 0 Å². The summed E-state index contributed by atoms with van der Waals surface area (Å²) in [6.07, 6.45) is 5.62. The lowest BCUT2D eigenvalue weighted by molar-refractivity contribution is 0.665. The van der Waals surface area contributed by atoms with Crippen LogP contribution >= 0.6 is 31.9 Å². The second-order valence-corrected chi connectivity index (χ2v) is 5.46. The lowest BCUT2D eigenvalue weighted by Gasteiger charge is -2.15. The number of pyridine rings is 1. The van der Waals surface area contributed by atoms with Crippen LogP contribution < -0.4 is 5.32 Å². The van der Waals surface area contributed by atoms with Gasteiger partial charge in [0.15, 0.2) is 0 Å². The van der Waals surface area contributed by atoms with Gasteiger partial charge in [-0.3, -0.25) is 9.67 Å². The Morgan fingerprint density at radius 2 is 2.12 bits per heavy atom. The van der Waals surface area contributed by atoms with Gasteiger partial charge >= 0.3 is 0 Å². The number of hydrogen-bond donors (Lipinski definition) is 1. The fraction of sp³-hybridized carbons (Fsp3) is 0.273. The smallest absolute Gasteiger partial charge is 0.0791 e. The third kappa shape index (κ3) is 2.75. The van der Waals surface area contributed by atoms with Crippen LogP contribution in [0.1, 0.15) is 17.3 Å². The number of aryl methyl sites for hydroxylation is 1. The van der Waals surface area contributed by atoms with Crippen molar-refractivity contribution in [1.82, 2.24) is 20.1 Å². The van der Waals surface area contributed by atoms with Crippen LogP contribution in [0.2, 0.25) is 0 Å². The van der Waals surface area contributed by atoms with Crippen LogP contribution in [0.3, 0.4) is 0 Å². The van der Waals surface area contributed by atoms with Gasteiger partial charge in [-0.1, -0.05) is 0 Å². The first-order chi connectivity index (χ1) is 8.11. The van der Waals surface area contributed by atoms with Crippen LogP contribution in [0.5, 0.6) is 0 Å². The molecule has 0 aliphatic carbocycles. The maximum atomic E-state index is 4.44. The van der Waals surface area contributed by atoms with E-state index >= 15 is 0 Å². The number of rotatable bonds is 3. The molecule has 17 heavy (non-hydrogen) atoms. The van der Waals surface area contributed by atoms with Crippen molar-refractivity contribution in [2.24, 2.45) is 7.05 Å². The molecule has 0 aliphatic rings. The second kappa shape index (κ2) is 5.29. The van der Waals surface area contributed by atoms with Gasteiger partial charge in [-0.25, -0.2) is 0 Å². The van der Waals surface area contributed by atoms with Gasteiger partial charge in [0.05, 0.1) is 17.9 Å². The van der Waals surface area contributed by atoms with E-state index in [0.29, 0.717) is 0 Å². The third-order valence-corrected chi connectivity index (χ3v) is 3.53. The minimum Gasteiger partial charge on any atom is -0.308 e. The minimum absolute atomic E-state index is 0.0335. The molecule has 6 heteroatoms. The molecule has 0 saturated carbocycles. The van der Waals surface area contributed by atoms with E-state index in [0.717, 1.165) is 20.2 Å². The Kier molecular flexibility index (Phi) is 3.96. The lowest BCUT2D eigenvalue weighted by atomic mass is 10.1. The molecule has 0 radical (unpaired) electrons. The summed E-state index contributed by atoms with van der Waals surface area (Å²) in [4.78, 5) is 4.44. The van der Waals surface area contributed by atoms with Crippen molar-refractivity contribution in [3.63, 3.8) is 0 Å². The highest BCUT2D eigenvalue weighted by molar-refractivity contribution is 9.11. The molecule has 2 heterocycles. The van der Waals surface area contributed by atoms with Crippen LogP contribution in [-0.4, -0.2) is 21.8 Å². The Labute approximate surface area is 117 Å². The van der Waals surface area contributed by atoms with Crippen LogP contribution in [0.25, 0.3) is 0 Å². The number of nitrogens with one attached hydrogen (secondary N) is 1. The van der Waals surface area contributed by atoms with Gasteiger partial charge < -0.3 is 5.32 Å². The van der Waals surface area contributed by atoms with Crippen LogP contribution in [-0.2, 0) is 7.05 Å². The molecule has 2 aromatic heterocycles. The van der Waals surface area contributed by atoms with Gasteiger partial charge in [-0.2, -0.15) is 5.10 Å². The molecule has 0 bridgehead atoms. The zero-order valence-corrected chi connectivity index (χ0v) is 12.7. The molecule has 0 saturated heterocycles. The molecule has 0 spiro atoms. The summed E-state index contributed by atoms with van der Waals surface area (Å²) in [5.74, 6) is 0. The summed E-state index contributed by atoms with van der Waals surface area (Å²) in [5.41, 5.74) is 2.04. The van der Waals surface area contributed by atoms with E-state index in [1.54, 1.807) is 10.9 Å². The molecule has 0 aromatic carbocycles. The van der Waals surface area contributed by atoms with E-state index in [4.69, 9.17) is 0 Å². The number of aromatic nitrogens is 3. The maximum absolute atomic E-state index is 4.44. The van der Waals surface area contributed by atoms with Crippen molar-refractivity contribution in [2.45, 2.75) is 6.04 Å². The predicted molar refractivity (Wildman–Crippen MR) is 73.7 cm³/mol. The predicted octanol–water partition coefficient (Wildman–Crippen LogP) is 2.65. The first-order valence-electron chi connectivity index (χ1n) is 5.08. The van der Waals surface area contributed by atoms with Crippen LogP contribution in [0, 0.1) is 0 Å². The summed E-state index contributed by atoms with van der Waals surface area (Å²) in [7, 11) is 3.81. The summed E-state index contributed by atoms with van der Waals surface area (Å²) in [6, 6.07) is 2.02. The highest BCUT2D eigenvalue weighted by Gasteiger charge is 2.18. The summed E-state index contributed by atoms with van der Waals surface area (Å²) >= 11 is 6.93. The summed E-state index contributed by atoms with van der Waals surface area (Å²) in [5, 5.41) is 7.43. The molecule has 2 aromatic rings. The van der Waals surface area contributed by atoms with E-state index < -0.39 is 0 Å². The molecule has 1 atom stereocenters. The van der Waals surface area contributed by atoms with Gasteiger partial charge in [0.25, 0.3) is 0 Å². The average molecular weight is 360 g/mol. The van der Waals surface area contributed by atoms with Crippen molar-refractivity contribution >= 4 is 31.9 Å². The molecule has 4 nitrogen and oxygen atoms in total. The number of nitrogens with zero attached hydrogens (tertiary/aromatic N) is 3. The Morgan fingerprint density at radius 1 is 1.35 bits per heavy atom. The second-order valence-electron chi connectivity index (χ2n) is 3.69.